The van der Waals surface area contributed by atoms with E-state index >= 15 is 0 Å². The van der Waals surface area contributed by atoms with Crippen LogP contribution in [0.3, 0.4) is 0 Å². The second kappa shape index (κ2) is 3.41. The zero-order valence-electron chi connectivity index (χ0n) is 8.90. The number of fused-ring (bicyclic) bond motifs is 2. The van der Waals surface area contributed by atoms with Crippen LogP contribution in [-0.2, 0) is 10.8 Å². The van der Waals surface area contributed by atoms with E-state index in [0.717, 1.165) is 10.9 Å². The zero-order valence-corrected chi connectivity index (χ0v) is 9.72. The van der Waals surface area contributed by atoms with Crippen molar-refractivity contribution in [2.24, 2.45) is 0 Å². The third-order valence-corrected chi connectivity index (χ3v) is 4.70. The fourth-order valence-corrected chi connectivity index (χ4v) is 3.96. The van der Waals surface area contributed by atoms with Crippen molar-refractivity contribution in [2.45, 2.75) is 42.5 Å². The summed E-state index contributed by atoms with van der Waals surface area (Å²) in [5.74, 6) is 1.35. The number of rotatable bonds is 1. The molecule has 0 spiro atoms. The standard InChI is InChI=1S/C12H15NOS/c1-15(14)12-11-9-4-2-8(3-5-9)10(11)6-7-13-12/h6-9H,2-5H2,1H3/t8?,9?,15-/m1/s1. The summed E-state index contributed by atoms with van der Waals surface area (Å²) in [6.07, 6.45) is 8.75. The van der Waals surface area contributed by atoms with Gasteiger partial charge in [-0.1, -0.05) is 0 Å². The van der Waals surface area contributed by atoms with Gasteiger partial charge in [-0.15, -0.1) is 0 Å². The first-order chi connectivity index (χ1) is 7.27. The highest BCUT2D eigenvalue weighted by molar-refractivity contribution is 7.84. The number of nitrogens with zero attached hydrogens (tertiary/aromatic N) is 1. The van der Waals surface area contributed by atoms with Gasteiger partial charge in [0.1, 0.15) is 5.03 Å². The molecule has 80 valence electrons. The lowest BCUT2D eigenvalue weighted by Crippen LogP contribution is -2.23. The minimum Gasteiger partial charge on any atom is -0.253 e. The van der Waals surface area contributed by atoms with E-state index in [2.05, 4.69) is 11.1 Å². The number of aromatic nitrogens is 1. The van der Waals surface area contributed by atoms with E-state index < -0.39 is 10.8 Å². The molecule has 0 aromatic carbocycles. The molecule has 0 radical (unpaired) electrons. The van der Waals surface area contributed by atoms with Crippen molar-refractivity contribution < 1.29 is 4.21 Å². The average Bonchev–Trinajstić information content (AvgIpc) is 2.30. The summed E-state index contributed by atoms with van der Waals surface area (Å²) in [5, 5.41) is 0.849. The molecule has 2 bridgehead atoms. The number of hydrogen-bond donors (Lipinski definition) is 0. The van der Waals surface area contributed by atoms with Crippen molar-refractivity contribution in [1.82, 2.24) is 4.98 Å². The minimum absolute atomic E-state index is 0.637. The van der Waals surface area contributed by atoms with Crippen LogP contribution in [0.5, 0.6) is 0 Å². The zero-order chi connectivity index (χ0) is 10.4. The normalized spacial score (nSPS) is 29.9. The summed E-state index contributed by atoms with van der Waals surface area (Å²) in [7, 11) is -0.931. The van der Waals surface area contributed by atoms with Crippen LogP contribution in [-0.4, -0.2) is 15.4 Å². The second-order valence-electron chi connectivity index (χ2n) is 4.62. The summed E-state index contributed by atoms with van der Waals surface area (Å²) in [6, 6.07) is 2.14. The van der Waals surface area contributed by atoms with Crippen LogP contribution >= 0.6 is 0 Å². The molecular formula is C12H15NOS. The second-order valence-corrected chi connectivity index (χ2v) is 5.92. The predicted octanol–water partition coefficient (Wildman–Crippen LogP) is 2.57. The van der Waals surface area contributed by atoms with E-state index in [-0.39, 0.29) is 0 Å². The van der Waals surface area contributed by atoms with Gasteiger partial charge in [0.2, 0.25) is 0 Å². The molecule has 0 amide bonds. The first-order valence-corrected chi connectivity index (χ1v) is 7.15. The maximum Gasteiger partial charge on any atom is 0.130 e. The van der Waals surface area contributed by atoms with E-state index in [1.165, 1.54) is 36.8 Å². The van der Waals surface area contributed by atoms with Crippen LogP contribution in [0.1, 0.15) is 48.6 Å². The lowest BCUT2D eigenvalue weighted by molar-refractivity contribution is 0.351. The molecule has 4 rings (SSSR count). The van der Waals surface area contributed by atoms with Gasteiger partial charge in [0, 0.05) is 12.5 Å². The Morgan fingerprint density at radius 2 is 1.93 bits per heavy atom. The monoisotopic (exact) mass is 221 g/mol. The van der Waals surface area contributed by atoms with Crippen molar-refractivity contribution in [3.63, 3.8) is 0 Å². The molecule has 1 fully saturated rings. The van der Waals surface area contributed by atoms with Crippen LogP contribution in [0.4, 0.5) is 0 Å². The molecule has 1 aromatic rings. The first kappa shape index (κ1) is 9.52. The molecule has 1 saturated carbocycles. The van der Waals surface area contributed by atoms with Crippen LogP contribution < -0.4 is 0 Å². The molecule has 0 N–H and O–H groups in total. The molecule has 1 heterocycles. The highest BCUT2D eigenvalue weighted by Gasteiger charge is 2.35. The van der Waals surface area contributed by atoms with Gasteiger partial charge < -0.3 is 0 Å². The van der Waals surface area contributed by atoms with E-state index in [9.17, 15) is 4.21 Å². The Morgan fingerprint density at radius 1 is 1.27 bits per heavy atom. The van der Waals surface area contributed by atoms with Crippen LogP contribution in [0.15, 0.2) is 17.3 Å². The molecule has 1 aromatic heterocycles. The molecule has 3 aliphatic carbocycles. The number of hydrogen-bond acceptors (Lipinski definition) is 2. The summed E-state index contributed by atoms with van der Waals surface area (Å²) >= 11 is 0. The highest BCUT2D eigenvalue weighted by Crippen LogP contribution is 2.50. The Labute approximate surface area is 92.6 Å². The Bertz CT molecular complexity index is 422. The molecule has 3 aliphatic rings. The third-order valence-electron chi connectivity index (χ3n) is 3.83. The van der Waals surface area contributed by atoms with Crippen molar-refractivity contribution in [3.05, 3.63) is 23.4 Å². The van der Waals surface area contributed by atoms with Gasteiger partial charge in [-0.25, -0.2) is 4.98 Å². The topological polar surface area (TPSA) is 30.0 Å². The van der Waals surface area contributed by atoms with E-state index in [1.54, 1.807) is 6.26 Å². The maximum atomic E-state index is 11.6. The van der Waals surface area contributed by atoms with Gasteiger partial charge in [0.25, 0.3) is 0 Å². The molecule has 0 saturated heterocycles. The Kier molecular flexibility index (Phi) is 2.16. The lowest BCUT2D eigenvalue weighted by Gasteiger charge is -2.38. The Balaban J connectivity index is 2.22. The largest absolute Gasteiger partial charge is 0.253 e. The van der Waals surface area contributed by atoms with Crippen molar-refractivity contribution in [3.8, 4) is 0 Å². The van der Waals surface area contributed by atoms with E-state index in [1.807, 2.05) is 6.20 Å². The van der Waals surface area contributed by atoms with E-state index in [4.69, 9.17) is 0 Å². The predicted molar refractivity (Wildman–Crippen MR) is 60.5 cm³/mol. The molecular weight excluding hydrogens is 206 g/mol. The summed E-state index contributed by atoms with van der Waals surface area (Å²) in [5.41, 5.74) is 2.78. The molecule has 2 nitrogen and oxygen atoms in total. The lowest BCUT2D eigenvalue weighted by atomic mass is 9.68. The molecule has 15 heavy (non-hydrogen) atoms. The minimum atomic E-state index is -0.931. The van der Waals surface area contributed by atoms with Crippen molar-refractivity contribution >= 4 is 10.8 Å². The smallest absolute Gasteiger partial charge is 0.130 e. The van der Waals surface area contributed by atoms with Gasteiger partial charge >= 0.3 is 0 Å². The molecule has 1 atom stereocenters. The first-order valence-electron chi connectivity index (χ1n) is 5.59. The Morgan fingerprint density at radius 3 is 2.60 bits per heavy atom. The van der Waals surface area contributed by atoms with Gasteiger partial charge in [0.05, 0.1) is 10.8 Å². The molecule has 0 aliphatic heterocycles. The third kappa shape index (κ3) is 1.36. The quantitative estimate of drug-likeness (QED) is 0.729. The van der Waals surface area contributed by atoms with Crippen molar-refractivity contribution in [2.75, 3.05) is 6.26 Å². The van der Waals surface area contributed by atoms with Gasteiger partial charge in [-0.05, 0) is 54.7 Å². The van der Waals surface area contributed by atoms with Gasteiger partial charge in [0.15, 0.2) is 0 Å². The fourth-order valence-electron chi connectivity index (χ4n) is 3.16. The molecule has 3 heteroatoms. The van der Waals surface area contributed by atoms with Crippen LogP contribution in [0.2, 0.25) is 0 Å². The van der Waals surface area contributed by atoms with Crippen LogP contribution in [0.25, 0.3) is 0 Å². The average molecular weight is 221 g/mol. The van der Waals surface area contributed by atoms with Crippen molar-refractivity contribution in [1.29, 1.82) is 0 Å². The van der Waals surface area contributed by atoms with E-state index in [0.29, 0.717) is 5.92 Å². The molecule has 0 unspecified atom stereocenters. The maximum absolute atomic E-state index is 11.6. The Hall–Kier alpha value is -0.700. The number of pyridine rings is 1. The van der Waals surface area contributed by atoms with Crippen LogP contribution in [0, 0.1) is 0 Å². The van der Waals surface area contributed by atoms with Gasteiger partial charge in [-0.3, -0.25) is 4.21 Å². The van der Waals surface area contributed by atoms with Gasteiger partial charge in [-0.2, -0.15) is 0 Å². The highest BCUT2D eigenvalue weighted by atomic mass is 32.2. The fraction of sp³-hybridized carbons (Fsp3) is 0.583. The summed E-state index contributed by atoms with van der Waals surface area (Å²) in [6.45, 7) is 0. The summed E-state index contributed by atoms with van der Waals surface area (Å²) in [4.78, 5) is 4.31. The SMILES string of the molecule is C[S@@](=O)c1nccc2c1C1CCC2CC1. The summed E-state index contributed by atoms with van der Waals surface area (Å²) < 4.78 is 11.6.